The van der Waals surface area contributed by atoms with Gasteiger partial charge in [-0.3, -0.25) is 0 Å². The molecular weight excluding hydrogens is 285 g/mol. The fourth-order valence-corrected chi connectivity index (χ4v) is 2.15. The highest BCUT2D eigenvalue weighted by atomic mass is 79.9. The minimum atomic E-state index is -0.265. The van der Waals surface area contributed by atoms with Gasteiger partial charge in [0, 0.05) is 17.6 Å². The first-order chi connectivity index (χ1) is 8.06. The smallest absolute Gasteiger partial charge is 0.191 e. The Kier molecular flexibility index (Phi) is 3.66. The van der Waals surface area contributed by atoms with E-state index in [9.17, 15) is 4.39 Å². The van der Waals surface area contributed by atoms with Crippen molar-refractivity contribution in [2.75, 3.05) is 7.05 Å². The van der Waals surface area contributed by atoms with Crippen molar-refractivity contribution in [3.05, 3.63) is 34.1 Å². The van der Waals surface area contributed by atoms with Crippen molar-refractivity contribution in [3.63, 3.8) is 0 Å². The van der Waals surface area contributed by atoms with Crippen LogP contribution in [0.25, 0.3) is 0 Å². The molecule has 0 aromatic heterocycles. The van der Waals surface area contributed by atoms with Gasteiger partial charge in [0.1, 0.15) is 5.82 Å². The predicted molar refractivity (Wildman–Crippen MR) is 70.2 cm³/mol. The molecule has 0 aliphatic heterocycles. The largest absolute Gasteiger partial charge is 0.370 e. The van der Waals surface area contributed by atoms with E-state index < -0.39 is 0 Å². The van der Waals surface area contributed by atoms with Crippen molar-refractivity contribution in [2.24, 2.45) is 10.7 Å². The zero-order valence-electron chi connectivity index (χ0n) is 9.66. The zero-order chi connectivity index (χ0) is 12.4. The van der Waals surface area contributed by atoms with E-state index in [1.807, 2.05) is 18.0 Å². The van der Waals surface area contributed by atoms with E-state index in [4.69, 9.17) is 5.73 Å². The van der Waals surface area contributed by atoms with Crippen LogP contribution in [0.4, 0.5) is 4.39 Å². The molecule has 0 radical (unpaired) electrons. The molecule has 0 amide bonds. The van der Waals surface area contributed by atoms with Gasteiger partial charge in [0.15, 0.2) is 5.96 Å². The molecule has 17 heavy (non-hydrogen) atoms. The highest BCUT2D eigenvalue weighted by Gasteiger charge is 2.27. The molecular formula is C12H15BrFN3. The van der Waals surface area contributed by atoms with E-state index in [1.165, 1.54) is 25.0 Å². The summed E-state index contributed by atoms with van der Waals surface area (Å²) < 4.78 is 13.8. The second kappa shape index (κ2) is 5.04. The quantitative estimate of drug-likeness (QED) is 0.688. The van der Waals surface area contributed by atoms with Gasteiger partial charge in [-0.25, -0.2) is 9.38 Å². The van der Waals surface area contributed by atoms with Crippen molar-refractivity contribution in [2.45, 2.75) is 25.4 Å². The van der Waals surface area contributed by atoms with Crippen LogP contribution in [-0.4, -0.2) is 23.9 Å². The van der Waals surface area contributed by atoms with Crippen molar-refractivity contribution in [1.29, 1.82) is 0 Å². The molecule has 2 N–H and O–H groups in total. The lowest BCUT2D eigenvalue weighted by molar-refractivity contribution is 0.487. The highest BCUT2D eigenvalue weighted by molar-refractivity contribution is 9.10. The first-order valence-corrected chi connectivity index (χ1v) is 6.33. The van der Waals surface area contributed by atoms with Crippen molar-refractivity contribution < 1.29 is 4.39 Å². The Morgan fingerprint density at radius 1 is 1.53 bits per heavy atom. The second-order valence-corrected chi connectivity index (χ2v) is 5.21. The molecule has 1 aliphatic carbocycles. The van der Waals surface area contributed by atoms with E-state index in [1.54, 1.807) is 0 Å². The standard InChI is InChI=1S/C12H15BrFN3/c1-17(11-2-3-11)12(15)16-7-8-4-9(13)6-10(14)5-8/h4-6,11H,2-3,7H2,1H3,(H2,15,16). The van der Waals surface area contributed by atoms with Gasteiger partial charge in [0.05, 0.1) is 6.54 Å². The summed E-state index contributed by atoms with van der Waals surface area (Å²) in [5.41, 5.74) is 6.66. The summed E-state index contributed by atoms with van der Waals surface area (Å²) >= 11 is 3.25. The molecule has 2 rings (SSSR count). The number of rotatable bonds is 3. The van der Waals surface area contributed by atoms with Crippen LogP contribution in [0.15, 0.2) is 27.7 Å². The van der Waals surface area contributed by atoms with Crippen LogP contribution >= 0.6 is 15.9 Å². The molecule has 0 bridgehead atoms. The lowest BCUT2D eigenvalue weighted by atomic mass is 10.2. The van der Waals surface area contributed by atoms with E-state index in [-0.39, 0.29) is 5.82 Å². The van der Waals surface area contributed by atoms with Crippen LogP contribution in [0.1, 0.15) is 18.4 Å². The summed E-state index contributed by atoms with van der Waals surface area (Å²) in [7, 11) is 1.94. The Balaban J connectivity index is 2.02. The van der Waals surface area contributed by atoms with E-state index >= 15 is 0 Å². The van der Waals surface area contributed by atoms with Gasteiger partial charge >= 0.3 is 0 Å². The Morgan fingerprint density at radius 3 is 2.82 bits per heavy atom. The minimum absolute atomic E-state index is 0.265. The average Bonchev–Trinajstić information content (AvgIpc) is 3.07. The number of guanidine groups is 1. The van der Waals surface area contributed by atoms with Crippen LogP contribution in [-0.2, 0) is 6.54 Å². The van der Waals surface area contributed by atoms with Crippen LogP contribution in [0.5, 0.6) is 0 Å². The summed E-state index contributed by atoms with van der Waals surface area (Å²) in [6.45, 7) is 0.402. The normalized spacial score (nSPS) is 16.1. The molecule has 0 atom stereocenters. The Morgan fingerprint density at radius 2 is 2.24 bits per heavy atom. The molecule has 0 unspecified atom stereocenters. The minimum Gasteiger partial charge on any atom is -0.370 e. The Bertz CT molecular complexity index is 423. The van der Waals surface area contributed by atoms with Crippen LogP contribution in [0.3, 0.4) is 0 Å². The molecule has 1 fully saturated rings. The van der Waals surface area contributed by atoms with Crippen molar-refractivity contribution >= 4 is 21.9 Å². The zero-order valence-corrected chi connectivity index (χ0v) is 11.2. The first kappa shape index (κ1) is 12.4. The summed E-state index contributed by atoms with van der Waals surface area (Å²) in [6, 6.07) is 5.28. The van der Waals surface area contributed by atoms with Gasteiger partial charge in [0.25, 0.3) is 0 Å². The molecule has 0 saturated heterocycles. The third kappa shape index (κ3) is 3.43. The molecule has 1 aromatic rings. The number of hydrogen-bond acceptors (Lipinski definition) is 1. The summed E-state index contributed by atoms with van der Waals surface area (Å²) in [5.74, 6) is 0.256. The number of halogens is 2. The number of nitrogens with zero attached hydrogens (tertiary/aromatic N) is 2. The van der Waals surface area contributed by atoms with Gasteiger partial charge in [-0.15, -0.1) is 0 Å². The van der Waals surface area contributed by atoms with Gasteiger partial charge in [-0.1, -0.05) is 15.9 Å². The SMILES string of the molecule is CN(C(N)=NCc1cc(F)cc(Br)c1)C1CC1. The van der Waals surface area contributed by atoms with Gasteiger partial charge in [-0.05, 0) is 36.6 Å². The first-order valence-electron chi connectivity index (χ1n) is 5.54. The van der Waals surface area contributed by atoms with Crippen molar-refractivity contribution in [1.82, 2.24) is 4.90 Å². The second-order valence-electron chi connectivity index (χ2n) is 4.29. The Labute approximate surface area is 109 Å². The molecule has 1 saturated carbocycles. The molecule has 3 nitrogen and oxygen atoms in total. The molecule has 92 valence electrons. The monoisotopic (exact) mass is 299 g/mol. The number of nitrogens with two attached hydrogens (primary N) is 1. The molecule has 0 heterocycles. The maximum absolute atomic E-state index is 13.1. The summed E-state index contributed by atoms with van der Waals surface area (Å²) in [5, 5.41) is 0. The molecule has 1 aromatic carbocycles. The lowest BCUT2D eigenvalue weighted by Crippen LogP contribution is -2.35. The van der Waals surface area contributed by atoms with Crippen LogP contribution in [0.2, 0.25) is 0 Å². The van der Waals surface area contributed by atoms with Crippen LogP contribution < -0.4 is 5.73 Å². The number of benzene rings is 1. The highest BCUT2D eigenvalue weighted by Crippen LogP contribution is 2.25. The van der Waals surface area contributed by atoms with Crippen molar-refractivity contribution in [3.8, 4) is 0 Å². The average molecular weight is 300 g/mol. The number of aliphatic imine (C=N–C) groups is 1. The molecule has 5 heteroatoms. The fraction of sp³-hybridized carbons (Fsp3) is 0.417. The van der Waals surface area contributed by atoms with Gasteiger partial charge in [0.2, 0.25) is 0 Å². The molecule has 1 aliphatic rings. The number of hydrogen-bond donors (Lipinski definition) is 1. The van der Waals surface area contributed by atoms with E-state index in [0.29, 0.717) is 18.5 Å². The lowest BCUT2D eigenvalue weighted by Gasteiger charge is -2.16. The maximum atomic E-state index is 13.1. The maximum Gasteiger partial charge on any atom is 0.191 e. The van der Waals surface area contributed by atoms with E-state index in [2.05, 4.69) is 20.9 Å². The third-order valence-corrected chi connectivity index (χ3v) is 3.26. The Hall–Kier alpha value is -1.10. The van der Waals surface area contributed by atoms with Gasteiger partial charge in [-0.2, -0.15) is 0 Å². The van der Waals surface area contributed by atoms with E-state index in [0.717, 1.165) is 10.0 Å². The molecule has 0 spiro atoms. The van der Waals surface area contributed by atoms with Crippen LogP contribution in [0, 0.1) is 5.82 Å². The summed E-state index contributed by atoms with van der Waals surface area (Å²) in [4.78, 5) is 6.25. The predicted octanol–water partition coefficient (Wildman–Crippen LogP) is 2.50. The third-order valence-electron chi connectivity index (χ3n) is 2.80. The topological polar surface area (TPSA) is 41.6 Å². The fourth-order valence-electron chi connectivity index (χ4n) is 1.63. The summed E-state index contributed by atoms with van der Waals surface area (Å²) in [6.07, 6.45) is 2.36. The van der Waals surface area contributed by atoms with Gasteiger partial charge < -0.3 is 10.6 Å².